The smallest absolute Gasteiger partial charge is 0.108 e. The molecule has 2 unspecified atom stereocenters. The average Bonchev–Trinajstić information content (AvgIpc) is 2.99. The van der Waals surface area contributed by atoms with Crippen LogP contribution in [0.15, 0.2) is 54.6 Å². The molecule has 0 aliphatic heterocycles. The number of anilines is 1. The highest BCUT2D eigenvalue weighted by atomic mass is 16.3. The Balaban J connectivity index is 1.84. The number of aromatic nitrogens is 1. The maximum Gasteiger partial charge on any atom is 0.108 e. The van der Waals surface area contributed by atoms with Crippen LogP contribution in [0.1, 0.15) is 42.1 Å². The second-order valence-electron chi connectivity index (χ2n) is 6.34. The van der Waals surface area contributed by atoms with E-state index in [-0.39, 0.29) is 5.92 Å². The van der Waals surface area contributed by atoms with Gasteiger partial charge in [0.1, 0.15) is 5.82 Å². The van der Waals surface area contributed by atoms with Gasteiger partial charge in [0.15, 0.2) is 0 Å². The molecule has 1 aliphatic carbocycles. The molecule has 3 aromatic rings. The molecule has 122 valence electrons. The fraction of sp³-hybridized carbons (Fsp3) is 0.238. The lowest BCUT2D eigenvalue weighted by Crippen LogP contribution is -2.15. The van der Waals surface area contributed by atoms with E-state index in [4.69, 9.17) is 0 Å². The fourth-order valence-corrected chi connectivity index (χ4v) is 3.59. The summed E-state index contributed by atoms with van der Waals surface area (Å²) in [6.07, 6.45) is 4.77. The number of nitrogens with one attached hydrogen (secondary N) is 2. The van der Waals surface area contributed by atoms with Crippen molar-refractivity contribution in [3.8, 4) is 0 Å². The van der Waals surface area contributed by atoms with Gasteiger partial charge in [-0.15, -0.1) is 0 Å². The van der Waals surface area contributed by atoms with E-state index in [1.807, 2.05) is 24.3 Å². The van der Waals surface area contributed by atoms with Gasteiger partial charge in [-0.1, -0.05) is 61.5 Å². The van der Waals surface area contributed by atoms with Crippen LogP contribution in [0.5, 0.6) is 0 Å². The summed E-state index contributed by atoms with van der Waals surface area (Å²) in [6.45, 7) is 3.06. The van der Waals surface area contributed by atoms with Crippen molar-refractivity contribution in [1.82, 2.24) is 4.98 Å². The van der Waals surface area contributed by atoms with Crippen LogP contribution in [0, 0.1) is 0 Å². The van der Waals surface area contributed by atoms with Crippen molar-refractivity contribution >= 4 is 22.8 Å². The maximum absolute atomic E-state index is 11.0. The molecule has 1 heterocycles. The number of para-hydroxylation sites is 1. The van der Waals surface area contributed by atoms with Gasteiger partial charge in [-0.05, 0) is 23.6 Å². The Morgan fingerprint density at radius 3 is 2.75 bits per heavy atom. The van der Waals surface area contributed by atoms with Crippen molar-refractivity contribution in [3.05, 3.63) is 71.3 Å². The van der Waals surface area contributed by atoms with Gasteiger partial charge in [0.25, 0.3) is 0 Å². The van der Waals surface area contributed by atoms with Crippen LogP contribution in [-0.2, 0) is 0 Å². The van der Waals surface area contributed by atoms with Crippen LogP contribution < -0.4 is 5.32 Å². The summed E-state index contributed by atoms with van der Waals surface area (Å²) in [5.41, 5.74) is 4.35. The molecular weight excluding hydrogens is 296 g/mol. The topological polar surface area (TPSA) is 48.0 Å². The Kier molecular flexibility index (Phi) is 3.87. The summed E-state index contributed by atoms with van der Waals surface area (Å²) in [5, 5.41) is 15.7. The summed E-state index contributed by atoms with van der Waals surface area (Å²) in [6, 6.07) is 16.4. The van der Waals surface area contributed by atoms with Crippen molar-refractivity contribution in [2.45, 2.75) is 25.4 Å². The van der Waals surface area contributed by atoms with Crippen LogP contribution in [0.3, 0.4) is 0 Å². The minimum absolute atomic E-state index is 0.0598. The second kappa shape index (κ2) is 6.17. The Labute approximate surface area is 142 Å². The van der Waals surface area contributed by atoms with E-state index in [0.717, 1.165) is 41.0 Å². The van der Waals surface area contributed by atoms with E-state index in [2.05, 4.69) is 53.6 Å². The quantitative estimate of drug-likeness (QED) is 0.645. The van der Waals surface area contributed by atoms with Gasteiger partial charge in [0, 0.05) is 28.9 Å². The first-order chi connectivity index (χ1) is 11.8. The summed E-state index contributed by atoms with van der Waals surface area (Å²) in [4.78, 5) is 3.48. The molecule has 0 spiro atoms. The highest BCUT2D eigenvalue weighted by Crippen LogP contribution is 2.44. The standard InChI is InChI=1S/C21H22N2O/c1-2-13-22-21-19(16-9-5-6-10-18(16)23-21)17-12-11-14-7-3-4-8-15(14)20(17)24/h3-12,17,20,22-24H,2,13H2,1H3. The highest BCUT2D eigenvalue weighted by Gasteiger charge is 2.29. The highest BCUT2D eigenvalue weighted by molar-refractivity contribution is 5.90. The van der Waals surface area contributed by atoms with Crippen molar-refractivity contribution in [3.63, 3.8) is 0 Å². The molecule has 4 rings (SSSR count). The number of benzene rings is 2. The number of aliphatic hydroxyl groups is 1. The first kappa shape index (κ1) is 15.0. The molecule has 3 nitrogen and oxygen atoms in total. The Bertz CT molecular complexity index is 894. The average molecular weight is 318 g/mol. The van der Waals surface area contributed by atoms with Crippen LogP contribution >= 0.6 is 0 Å². The first-order valence-corrected chi connectivity index (χ1v) is 8.59. The van der Waals surface area contributed by atoms with Gasteiger partial charge < -0.3 is 15.4 Å². The molecule has 2 atom stereocenters. The van der Waals surface area contributed by atoms with Gasteiger partial charge in [-0.2, -0.15) is 0 Å². The van der Waals surface area contributed by atoms with E-state index in [1.54, 1.807) is 0 Å². The lowest BCUT2D eigenvalue weighted by Gasteiger charge is -2.26. The molecular formula is C21H22N2O. The van der Waals surface area contributed by atoms with E-state index in [0.29, 0.717) is 0 Å². The summed E-state index contributed by atoms with van der Waals surface area (Å²) >= 11 is 0. The molecule has 24 heavy (non-hydrogen) atoms. The summed E-state index contributed by atoms with van der Waals surface area (Å²) in [7, 11) is 0. The van der Waals surface area contributed by atoms with Crippen molar-refractivity contribution in [2.75, 3.05) is 11.9 Å². The van der Waals surface area contributed by atoms with Crippen LogP contribution in [0.2, 0.25) is 0 Å². The first-order valence-electron chi connectivity index (χ1n) is 8.59. The Morgan fingerprint density at radius 2 is 1.88 bits per heavy atom. The summed E-state index contributed by atoms with van der Waals surface area (Å²) in [5.74, 6) is 0.960. The molecule has 0 radical (unpaired) electrons. The molecule has 0 amide bonds. The Morgan fingerprint density at radius 1 is 1.08 bits per heavy atom. The van der Waals surface area contributed by atoms with Gasteiger partial charge in [-0.3, -0.25) is 0 Å². The molecule has 0 saturated heterocycles. The van der Waals surface area contributed by atoms with Gasteiger partial charge in [0.2, 0.25) is 0 Å². The molecule has 2 aromatic carbocycles. The zero-order chi connectivity index (χ0) is 16.5. The molecule has 0 bridgehead atoms. The monoisotopic (exact) mass is 318 g/mol. The molecule has 0 saturated carbocycles. The largest absolute Gasteiger partial charge is 0.387 e. The van der Waals surface area contributed by atoms with Gasteiger partial charge in [0.05, 0.1) is 6.10 Å². The number of aliphatic hydroxyl groups excluding tert-OH is 1. The molecule has 1 aromatic heterocycles. The minimum Gasteiger partial charge on any atom is -0.387 e. The zero-order valence-corrected chi connectivity index (χ0v) is 13.8. The number of aromatic amines is 1. The lowest BCUT2D eigenvalue weighted by molar-refractivity contribution is 0.161. The van der Waals surface area contributed by atoms with Gasteiger partial charge >= 0.3 is 0 Å². The molecule has 3 N–H and O–H groups in total. The second-order valence-corrected chi connectivity index (χ2v) is 6.34. The van der Waals surface area contributed by atoms with Crippen molar-refractivity contribution in [2.24, 2.45) is 0 Å². The van der Waals surface area contributed by atoms with Crippen LogP contribution in [-0.4, -0.2) is 16.6 Å². The lowest BCUT2D eigenvalue weighted by atomic mass is 9.82. The number of rotatable bonds is 4. The van der Waals surface area contributed by atoms with Crippen LogP contribution in [0.25, 0.3) is 17.0 Å². The number of hydrogen-bond donors (Lipinski definition) is 3. The third kappa shape index (κ3) is 2.42. The molecule has 3 heteroatoms. The van der Waals surface area contributed by atoms with Crippen LogP contribution in [0.4, 0.5) is 5.82 Å². The number of hydrogen-bond acceptors (Lipinski definition) is 2. The third-order valence-corrected chi connectivity index (χ3v) is 4.77. The maximum atomic E-state index is 11.0. The molecule has 0 fully saturated rings. The SMILES string of the molecule is CCCNc1[nH]c2ccccc2c1C1C=Cc2ccccc2C1O. The zero-order valence-electron chi connectivity index (χ0n) is 13.8. The third-order valence-electron chi connectivity index (χ3n) is 4.77. The van der Waals surface area contributed by atoms with E-state index in [1.165, 1.54) is 5.39 Å². The summed E-state index contributed by atoms with van der Waals surface area (Å²) < 4.78 is 0. The Hall–Kier alpha value is -2.52. The normalized spacial score (nSPS) is 19.4. The molecule has 1 aliphatic rings. The number of fused-ring (bicyclic) bond motifs is 2. The fourth-order valence-electron chi connectivity index (χ4n) is 3.59. The van der Waals surface area contributed by atoms with E-state index in [9.17, 15) is 5.11 Å². The van der Waals surface area contributed by atoms with Gasteiger partial charge in [-0.25, -0.2) is 0 Å². The van der Waals surface area contributed by atoms with Crippen molar-refractivity contribution in [1.29, 1.82) is 0 Å². The predicted molar refractivity (Wildman–Crippen MR) is 100 cm³/mol. The van der Waals surface area contributed by atoms with E-state index >= 15 is 0 Å². The number of H-pyrrole nitrogens is 1. The van der Waals surface area contributed by atoms with E-state index < -0.39 is 6.10 Å². The predicted octanol–water partition coefficient (Wildman–Crippen LogP) is 4.83. The van der Waals surface area contributed by atoms with Crippen molar-refractivity contribution < 1.29 is 5.11 Å². The minimum atomic E-state index is -0.535.